The highest BCUT2D eigenvalue weighted by molar-refractivity contribution is 5.72. The van der Waals surface area contributed by atoms with E-state index in [-0.39, 0.29) is 6.10 Å². The van der Waals surface area contributed by atoms with E-state index in [1.54, 1.807) is 25.3 Å². The maximum atomic E-state index is 10.9. The standard InChI is InChI=1S/C20H23N3O5/c1-25-19-9-14(11-21-20(19)26-2)23-7-8-27-18-4-3-15(10-17(18)23)28-16-5-6-22(12-16)13-24/h3-4,9-11,13,16H,5-8,12H2,1-2H3/t16-/m0/s1. The van der Waals surface area contributed by atoms with E-state index in [1.807, 2.05) is 24.3 Å². The Morgan fingerprint density at radius 2 is 2.11 bits per heavy atom. The average Bonchev–Trinajstić information content (AvgIpc) is 3.20. The number of carbonyl (C=O) groups is 1. The van der Waals surface area contributed by atoms with E-state index in [0.29, 0.717) is 31.3 Å². The number of ether oxygens (including phenoxy) is 4. The number of fused-ring (bicyclic) bond motifs is 1. The summed E-state index contributed by atoms with van der Waals surface area (Å²) in [6.45, 7) is 2.58. The Hall–Kier alpha value is -3.16. The molecule has 0 radical (unpaired) electrons. The minimum absolute atomic E-state index is 0.00366. The van der Waals surface area contributed by atoms with Crippen molar-refractivity contribution >= 4 is 17.8 Å². The van der Waals surface area contributed by atoms with Crippen LogP contribution in [-0.2, 0) is 4.79 Å². The van der Waals surface area contributed by atoms with Crippen molar-refractivity contribution in [3.05, 3.63) is 30.5 Å². The predicted octanol–water partition coefficient (Wildman–Crippen LogP) is 2.24. The Morgan fingerprint density at radius 1 is 1.21 bits per heavy atom. The van der Waals surface area contributed by atoms with Crippen LogP contribution in [0.25, 0.3) is 0 Å². The van der Waals surface area contributed by atoms with Crippen molar-refractivity contribution in [1.82, 2.24) is 9.88 Å². The van der Waals surface area contributed by atoms with Crippen LogP contribution in [0.3, 0.4) is 0 Å². The van der Waals surface area contributed by atoms with Gasteiger partial charge in [0.2, 0.25) is 6.41 Å². The summed E-state index contributed by atoms with van der Waals surface area (Å²) >= 11 is 0. The highest BCUT2D eigenvalue weighted by Crippen LogP contribution is 2.41. The van der Waals surface area contributed by atoms with E-state index in [2.05, 4.69) is 9.88 Å². The molecule has 0 saturated carbocycles. The van der Waals surface area contributed by atoms with Gasteiger partial charge in [0.15, 0.2) is 5.75 Å². The second-order valence-corrected chi connectivity index (χ2v) is 6.66. The van der Waals surface area contributed by atoms with Gasteiger partial charge in [-0.1, -0.05) is 0 Å². The van der Waals surface area contributed by atoms with Crippen LogP contribution in [0.2, 0.25) is 0 Å². The normalized spacial score (nSPS) is 18.3. The molecule has 2 aliphatic heterocycles. The fraction of sp³-hybridized carbons (Fsp3) is 0.400. The van der Waals surface area contributed by atoms with Crippen molar-refractivity contribution in [2.75, 3.05) is 45.4 Å². The third-order valence-corrected chi connectivity index (χ3v) is 4.95. The number of benzene rings is 1. The van der Waals surface area contributed by atoms with Crippen LogP contribution in [0.4, 0.5) is 11.4 Å². The van der Waals surface area contributed by atoms with E-state index < -0.39 is 0 Å². The lowest BCUT2D eigenvalue weighted by atomic mass is 10.2. The van der Waals surface area contributed by atoms with Gasteiger partial charge in [0, 0.05) is 25.1 Å². The summed E-state index contributed by atoms with van der Waals surface area (Å²) in [7, 11) is 3.15. The smallest absolute Gasteiger partial charge is 0.256 e. The zero-order valence-corrected chi connectivity index (χ0v) is 16.0. The molecule has 8 nitrogen and oxygen atoms in total. The Morgan fingerprint density at radius 3 is 2.86 bits per heavy atom. The first-order valence-electron chi connectivity index (χ1n) is 9.20. The van der Waals surface area contributed by atoms with Gasteiger partial charge in [-0.15, -0.1) is 0 Å². The molecule has 3 heterocycles. The minimum atomic E-state index is 0.00366. The molecule has 1 aromatic heterocycles. The molecule has 28 heavy (non-hydrogen) atoms. The molecule has 1 aromatic carbocycles. The summed E-state index contributed by atoms with van der Waals surface area (Å²) in [6.07, 6.45) is 3.46. The van der Waals surface area contributed by atoms with Crippen LogP contribution in [0.5, 0.6) is 23.1 Å². The lowest BCUT2D eigenvalue weighted by Crippen LogP contribution is -2.29. The maximum absolute atomic E-state index is 10.9. The third-order valence-electron chi connectivity index (χ3n) is 4.95. The molecule has 2 aliphatic rings. The first-order valence-corrected chi connectivity index (χ1v) is 9.20. The number of amides is 1. The third kappa shape index (κ3) is 3.49. The highest BCUT2D eigenvalue weighted by atomic mass is 16.5. The molecular formula is C20H23N3O5. The number of rotatable bonds is 6. The largest absolute Gasteiger partial charge is 0.491 e. The summed E-state index contributed by atoms with van der Waals surface area (Å²) in [5.41, 5.74) is 1.79. The number of anilines is 2. The Bertz CT molecular complexity index is 860. The summed E-state index contributed by atoms with van der Waals surface area (Å²) in [5.74, 6) is 2.55. The molecule has 1 fully saturated rings. The molecule has 0 N–H and O–H groups in total. The van der Waals surface area contributed by atoms with Crippen molar-refractivity contribution in [3.8, 4) is 23.1 Å². The van der Waals surface area contributed by atoms with E-state index in [4.69, 9.17) is 18.9 Å². The summed E-state index contributed by atoms with van der Waals surface area (Å²) in [6, 6.07) is 7.68. The van der Waals surface area contributed by atoms with Crippen LogP contribution in [0, 0.1) is 0 Å². The number of pyridine rings is 1. The molecule has 8 heteroatoms. The molecule has 4 rings (SSSR count). The van der Waals surface area contributed by atoms with Crippen molar-refractivity contribution in [2.45, 2.75) is 12.5 Å². The summed E-state index contributed by atoms with van der Waals surface area (Å²) in [4.78, 5) is 19.1. The fourth-order valence-corrected chi connectivity index (χ4v) is 3.55. The van der Waals surface area contributed by atoms with E-state index in [0.717, 1.165) is 42.2 Å². The van der Waals surface area contributed by atoms with Gasteiger partial charge in [0.05, 0.1) is 44.9 Å². The van der Waals surface area contributed by atoms with E-state index in [9.17, 15) is 4.79 Å². The number of hydrogen-bond donors (Lipinski definition) is 0. The number of hydrogen-bond acceptors (Lipinski definition) is 7. The molecule has 0 unspecified atom stereocenters. The maximum Gasteiger partial charge on any atom is 0.256 e. The molecule has 1 amide bonds. The van der Waals surface area contributed by atoms with Crippen LogP contribution < -0.4 is 23.8 Å². The van der Waals surface area contributed by atoms with Gasteiger partial charge >= 0.3 is 0 Å². The Kier molecular flexibility index (Phi) is 5.10. The van der Waals surface area contributed by atoms with Gasteiger partial charge < -0.3 is 28.7 Å². The van der Waals surface area contributed by atoms with Gasteiger partial charge in [0.25, 0.3) is 5.88 Å². The fourth-order valence-electron chi connectivity index (χ4n) is 3.55. The van der Waals surface area contributed by atoms with Gasteiger partial charge in [-0.25, -0.2) is 4.98 Å². The SMILES string of the molecule is COc1cc(N2CCOc3ccc(O[C@H]4CCN(C=O)C4)cc32)cnc1OC. The van der Waals surface area contributed by atoms with Crippen LogP contribution >= 0.6 is 0 Å². The Balaban J connectivity index is 1.60. The van der Waals surface area contributed by atoms with E-state index >= 15 is 0 Å². The van der Waals surface area contributed by atoms with Gasteiger partial charge in [-0.3, -0.25) is 4.79 Å². The van der Waals surface area contributed by atoms with Gasteiger partial charge in [-0.05, 0) is 12.1 Å². The zero-order valence-electron chi connectivity index (χ0n) is 16.0. The lowest BCUT2D eigenvalue weighted by Gasteiger charge is -2.31. The monoisotopic (exact) mass is 385 g/mol. The minimum Gasteiger partial charge on any atom is -0.491 e. The number of methoxy groups -OCH3 is 2. The molecule has 0 bridgehead atoms. The molecule has 148 valence electrons. The number of likely N-dealkylation sites (tertiary alicyclic amines) is 1. The number of aromatic nitrogens is 1. The summed E-state index contributed by atoms with van der Waals surface area (Å²) in [5, 5.41) is 0. The molecule has 1 atom stereocenters. The topological polar surface area (TPSA) is 73.4 Å². The number of carbonyl (C=O) groups excluding carboxylic acids is 1. The van der Waals surface area contributed by atoms with Crippen LogP contribution in [0.15, 0.2) is 30.5 Å². The van der Waals surface area contributed by atoms with Crippen molar-refractivity contribution in [3.63, 3.8) is 0 Å². The molecule has 1 saturated heterocycles. The van der Waals surface area contributed by atoms with Crippen LogP contribution in [0.1, 0.15) is 6.42 Å². The molecule has 0 aliphatic carbocycles. The van der Waals surface area contributed by atoms with Crippen molar-refractivity contribution < 1.29 is 23.7 Å². The highest BCUT2D eigenvalue weighted by Gasteiger charge is 2.25. The van der Waals surface area contributed by atoms with Gasteiger partial charge in [0.1, 0.15) is 24.2 Å². The molecule has 0 spiro atoms. The second kappa shape index (κ2) is 7.84. The average molecular weight is 385 g/mol. The first-order chi connectivity index (χ1) is 13.7. The van der Waals surface area contributed by atoms with Crippen molar-refractivity contribution in [2.24, 2.45) is 0 Å². The predicted molar refractivity (Wildman–Crippen MR) is 103 cm³/mol. The quantitative estimate of drug-likeness (QED) is 0.706. The Labute approximate surface area is 163 Å². The molecule has 2 aromatic rings. The number of nitrogens with zero attached hydrogens (tertiary/aromatic N) is 3. The van der Waals surface area contributed by atoms with Gasteiger partial charge in [-0.2, -0.15) is 0 Å². The van der Waals surface area contributed by atoms with Crippen LogP contribution in [-0.4, -0.2) is 62.9 Å². The second-order valence-electron chi connectivity index (χ2n) is 6.66. The van der Waals surface area contributed by atoms with E-state index in [1.165, 1.54) is 0 Å². The molecular weight excluding hydrogens is 362 g/mol. The lowest BCUT2D eigenvalue weighted by molar-refractivity contribution is -0.117. The summed E-state index contributed by atoms with van der Waals surface area (Å²) < 4.78 is 22.5. The van der Waals surface area contributed by atoms with Crippen molar-refractivity contribution in [1.29, 1.82) is 0 Å². The first kappa shape index (κ1) is 18.2. The zero-order chi connectivity index (χ0) is 19.5.